The van der Waals surface area contributed by atoms with Gasteiger partial charge in [-0.05, 0) is 0 Å². The molecule has 76 valence electrons. The van der Waals surface area contributed by atoms with Gasteiger partial charge in [0.1, 0.15) is 11.7 Å². The average molecular weight is 222 g/mol. The van der Waals surface area contributed by atoms with Gasteiger partial charge in [-0.3, -0.25) is 9.78 Å². The van der Waals surface area contributed by atoms with Gasteiger partial charge in [0.15, 0.2) is 5.16 Å². The molecule has 0 unspecified atom stereocenters. The molecule has 8 heteroatoms. The fourth-order valence-electron chi connectivity index (χ4n) is 1.38. The lowest BCUT2D eigenvalue weighted by atomic mass is 10.5. The van der Waals surface area contributed by atoms with Crippen LogP contribution in [-0.2, 0) is 0 Å². The maximum absolute atomic E-state index is 11.3. The number of thioether (sulfide) groups is 1. The van der Waals surface area contributed by atoms with Crippen LogP contribution in [0.2, 0.25) is 0 Å². The van der Waals surface area contributed by atoms with Gasteiger partial charge in [0.25, 0.3) is 5.56 Å². The van der Waals surface area contributed by atoms with Crippen LogP contribution in [0.25, 0.3) is 5.78 Å². The van der Waals surface area contributed by atoms with Gasteiger partial charge in [-0.25, -0.2) is 9.39 Å². The Morgan fingerprint density at radius 3 is 3.27 bits per heavy atom. The number of nitrogens with zero attached hydrogens (tertiary/aromatic N) is 4. The Bertz CT molecular complexity index is 626. The van der Waals surface area contributed by atoms with E-state index in [1.807, 2.05) is 0 Å². The van der Waals surface area contributed by atoms with E-state index in [1.165, 1.54) is 17.8 Å². The topological polar surface area (TPSA) is 101 Å². The second-order valence-electron chi connectivity index (χ2n) is 3.03. The van der Waals surface area contributed by atoms with E-state index >= 15 is 0 Å². The highest BCUT2D eigenvalue weighted by Crippen LogP contribution is 2.23. The molecule has 0 aliphatic carbocycles. The summed E-state index contributed by atoms with van der Waals surface area (Å²) in [7, 11) is 0. The number of rotatable bonds is 0. The van der Waals surface area contributed by atoms with Crippen molar-refractivity contribution in [3.05, 3.63) is 16.4 Å². The number of nitrogens with one attached hydrogen (secondary N) is 1. The van der Waals surface area contributed by atoms with E-state index in [9.17, 15) is 4.79 Å². The largest absolute Gasteiger partial charge is 0.386 e. The molecule has 0 saturated carbocycles. The number of aliphatic imine (C=N–C) groups is 1. The SMILES string of the molecule is NC1=Nc2cc(=O)[nH]c3nnc(n23)SC1. The summed E-state index contributed by atoms with van der Waals surface area (Å²) in [5.74, 6) is 1.87. The first-order valence-corrected chi connectivity index (χ1v) is 5.17. The molecule has 0 aromatic carbocycles. The summed E-state index contributed by atoms with van der Waals surface area (Å²) in [6.45, 7) is 0. The number of aromatic nitrogens is 4. The molecule has 0 amide bonds. The molecule has 2 aromatic rings. The second-order valence-corrected chi connectivity index (χ2v) is 3.97. The second kappa shape index (κ2) is 2.83. The van der Waals surface area contributed by atoms with Crippen LogP contribution in [0, 0.1) is 0 Å². The number of aromatic amines is 1. The Balaban J connectivity index is 2.48. The molecule has 0 spiro atoms. The van der Waals surface area contributed by atoms with Crippen molar-refractivity contribution in [1.82, 2.24) is 19.6 Å². The quantitative estimate of drug-likeness (QED) is 0.626. The van der Waals surface area contributed by atoms with Crippen molar-refractivity contribution in [2.75, 3.05) is 5.75 Å². The maximum Gasteiger partial charge on any atom is 0.254 e. The lowest BCUT2D eigenvalue weighted by molar-refractivity contribution is 0.920. The van der Waals surface area contributed by atoms with Crippen molar-refractivity contribution < 1.29 is 0 Å². The van der Waals surface area contributed by atoms with E-state index in [1.54, 1.807) is 4.40 Å². The van der Waals surface area contributed by atoms with Crippen LogP contribution in [0.4, 0.5) is 5.82 Å². The third kappa shape index (κ3) is 1.22. The van der Waals surface area contributed by atoms with Gasteiger partial charge in [-0.1, -0.05) is 11.8 Å². The number of hydrogen-bond donors (Lipinski definition) is 2. The van der Waals surface area contributed by atoms with E-state index < -0.39 is 0 Å². The molecule has 0 fully saturated rings. The fraction of sp³-hybridized carbons (Fsp3) is 0.143. The molecule has 1 aliphatic heterocycles. The molecule has 1 aliphatic rings. The van der Waals surface area contributed by atoms with Gasteiger partial charge in [0.2, 0.25) is 5.78 Å². The molecule has 0 bridgehead atoms. The van der Waals surface area contributed by atoms with Crippen LogP contribution in [-0.4, -0.2) is 31.2 Å². The predicted molar refractivity (Wildman–Crippen MR) is 55.6 cm³/mol. The third-order valence-electron chi connectivity index (χ3n) is 1.96. The molecule has 3 rings (SSSR count). The van der Waals surface area contributed by atoms with Gasteiger partial charge in [0.05, 0.1) is 5.75 Å². The van der Waals surface area contributed by atoms with Gasteiger partial charge in [-0.2, -0.15) is 0 Å². The van der Waals surface area contributed by atoms with Crippen molar-refractivity contribution in [1.29, 1.82) is 0 Å². The Morgan fingerprint density at radius 1 is 1.53 bits per heavy atom. The summed E-state index contributed by atoms with van der Waals surface area (Å²) < 4.78 is 1.67. The number of H-pyrrole nitrogens is 1. The molecule has 3 N–H and O–H groups in total. The van der Waals surface area contributed by atoms with Crippen LogP contribution in [0.15, 0.2) is 21.0 Å². The minimum atomic E-state index is -0.264. The van der Waals surface area contributed by atoms with Gasteiger partial charge in [-0.15, -0.1) is 10.2 Å². The number of hydrogen-bond acceptors (Lipinski definition) is 6. The summed E-state index contributed by atoms with van der Waals surface area (Å²) in [4.78, 5) is 18.0. The van der Waals surface area contributed by atoms with Crippen LogP contribution in [0.1, 0.15) is 0 Å². The molecule has 7 nitrogen and oxygen atoms in total. The lowest BCUT2D eigenvalue weighted by Crippen LogP contribution is -2.13. The van der Waals surface area contributed by atoms with Crippen molar-refractivity contribution in [3.63, 3.8) is 0 Å². The minimum Gasteiger partial charge on any atom is -0.386 e. The third-order valence-corrected chi connectivity index (χ3v) is 2.93. The smallest absolute Gasteiger partial charge is 0.254 e. The Labute approximate surface area is 87.4 Å². The van der Waals surface area contributed by atoms with E-state index in [0.717, 1.165) is 0 Å². The Hall–Kier alpha value is -1.83. The summed E-state index contributed by atoms with van der Waals surface area (Å²) in [5.41, 5.74) is 5.39. The molecule has 0 saturated heterocycles. The average Bonchev–Trinajstić information content (AvgIpc) is 2.50. The Kier molecular flexibility index (Phi) is 1.60. The highest BCUT2D eigenvalue weighted by atomic mass is 32.2. The fourth-order valence-corrected chi connectivity index (χ4v) is 2.13. The number of amidine groups is 1. The summed E-state index contributed by atoms with van der Waals surface area (Å²) in [6, 6.07) is 1.37. The van der Waals surface area contributed by atoms with E-state index in [4.69, 9.17) is 5.73 Å². The van der Waals surface area contributed by atoms with Crippen molar-refractivity contribution in [3.8, 4) is 0 Å². The molecule has 0 radical (unpaired) electrons. The predicted octanol–water partition coefficient (Wildman–Crippen LogP) is -0.488. The van der Waals surface area contributed by atoms with E-state index in [0.29, 0.717) is 28.3 Å². The van der Waals surface area contributed by atoms with Gasteiger partial charge < -0.3 is 5.73 Å². The molecular formula is C7H6N6OS. The first-order valence-electron chi connectivity index (χ1n) is 4.18. The zero-order valence-electron chi connectivity index (χ0n) is 7.47. The highest BCUT2D eigenvalue weighted by molar-refractivity contribution is 7.99. The molecule has 15 heavy (non-hydrogen) atoms. The van der Waals surface area contributed by atoms with Crippen molar-refractivity contribution in [2.45, 2.75) is 5.16 Å². The van der Waals surface area contributed by atoms with E-state index in [2.05, 4.69) is 20.2 Å². The van der Waals surface area contributed by atoms with Crippen LogP contribution in [0.3, 0.4) is 0 Å². The van der Waals surface area contributed by atoms with E-state index in [-0.39, 0.29) is 5.56 Å². The van der Waals surface area contributed by atoms with Crippen LogP contribution < -0.4 is 11.3 Å². The standard InChI is InChI=1S/C7H6N6OS/c8-3-2-15-7-12-11-6-10-5(14)1-4(9-3)13(6)7/h1H,2H2,(H2,8,9)(H,10,11,14). The lowest BCUT2D eigenvalue weighted by Gasteiger charge is -1.97. The molecule has 3 heterocycles. The first-order chi connectivity index (χ1) is 7.24. The molecular weight excluding hydrogens is 216 g/mol. The molecule has 2 aromatic heterocycles. The highest BCUT2D eigenvalue weighted by Gasteiger charge is 2.15. The first kappa shape index (κ1) is 8.48. The Morgan fingerprint density at radius 2 is 2.40 bits per heavy atom. The van der Waals surface area contributed by atoms with Crippen LogP contribution >= 0.6 is 11.8 Å². The monoisotopic (exact) mass is 222 g/mol. The summed E-state index contributed by atoms with van der Waals surface area (Å²) in [5, 5.41) is 8.46. The number of nitrogens with two attached hydrogens (primary N) is 1. The van der Waals surface area contributed by atoms with Crippen molar-refractivity contribution >= 4 is 29.2 Å². The van der Waals surface area contributed by atoms with Gasteiger partial charge in [0, 0.05) is 6.07 Å². The maximum atomic E-state index is 11.3. The summed E-state index contributed by atoms with van der Waals surface area (Å²) >= 11 is 1.43. The van der Waals surface area contributed by atoms with Crippen LogP contribution in [0.5, 0.6) is 0 Å². The summed E-state index contributed by atoms with van der Waals surface area (Å²) in [6.07, 6.45) is 0. The zero-order valence-corrected chi connectivity index (χ0v) is 8.28. The zero-order chi connectivity index (χ0) is 10.4. The van der Waals surface area contributed by atoms with Crippen molar-refractivity contribution in [2.24, 2.45) is 10.7 Å². The minimum absolute atomic E-state index is 0.264. The normalized spacial score (nSPS) is 15.1. The van der Waals surface area contributed by atoms with Gasteiger partial charge >= 0.3 is 0 Å². The molecule has 0 atom stereocenters.